The minimum absolute atomic E-state index is 0.101. The van der Waals surface area contributed by atoms with Gasteiger partial charge < -0.3 is 19.9 Å². The number of methoxy groups -OCH3 is 1. The van der Waals surface area contributed by atoms with Crippen LogP contribution in [0.1, 0.15) is 111 Å². The van der Waals surface area contributed by atoms with Gasteiger partial charge in [-0.15, -0.1) is 5.10 Å². The number of nitrogens with zero attached hydrogens (tertiary/aromatic N) is 4. The molecule has 0 bridgehead atoms. The van der Waals surface area contributed by atoms with Gasteiger partial charge in [0.15, 0.2) is 0 Å². The van der Waals surface area contributed by atoms with E-state index in [9.17, 15) is 23.1 Å². The first-order valence-electron chi connectivity index (χ1n) is 19.7. The van der Waals surface area contributed by atoms with Crippen molar-refractivity contribution < 1.29 is 32.6 Å². The summed E-state index contributed by atoms with van der Waals surface area (Å²) in [6.07, 6.45) is 11.0. The van der Waals surface area contributed by atoms with Crippen LogP contribution < -0.4 is 14.8 Å². The average molecular weight is 774 g/mol. The Labute approximate surface area is 324 Å². The van der Waals surface area contributed by atoms with Crippen LogP contribution in [0.5, 0.6) is 11.5 Å². The van der Waals surface area contributed by atoms with Gasteiger partial charge in [-0.25, -0.2) is 13.1 Å². The fourth-order valence-corrected chi connectivity index (χ4v) is 9.70. The van der Waals surface area contributed by atoms with Crippen LogP contribution in [0.3, 0.4) is 0 Å². The first kappa shape index (κ1) is 40.2. The summed E-state index contributed by atoms with van der Waals surface area (Å²) in [5.74, 6) is 0.130. The van der Waals surface area contributed by atoms with Gasteiger partial charge in [-0.05, 0) is 104 Å². The Hall–Kier alpha value is -4.49. The van der Waals surface area contributed by atoms with Crippen LogP contribution in [0.15, 0.2) is 53.4 Å². The quantitative estimate of drug-likeness (QED) is 0.114. The van der Waals surface area contributed by atoms with E-state index in [4.69, 9.17) is 9.47 Å². The number of hydrogen-bond donors (Lipinski definition) is 2. The van der Waals surface area contributed by atoms with Crippen molar-refractivity contribution in [3.05, 3.63) is 76.3 Å². The molecule has 2 N–H and O–H groups in total. The Morgan fingerprint density at radius 2 is 1.80 bits per heavy atom. The predicted molar refractivity (Wildman–Crippen MR) is 211 cm³/mol. The first-order chi connectivity index (χ1) is 26.4. The maximum atomic E-state index is 14.2. The van der Waals surface area contributed by atoms with E-state index in [0.717, 1.165) is 54.4 Å². The summed E-state index contributed by atoms with van der Waals surface area (Å²) in [6.45, 7) is 4.78. The van der Waals surface area contributed by atoms with E-state index in [1.54, 1.807) is 24.9 Å². The van der Waals surface area contributed by atoms with Crippen molar-refractivity contribution in [2.45, 2.75) is 114 Å². The molecule has 0 saturated heterocycles. The van der Waals surface area contributed by atoms with E-state index in [0.29, 0.717) is 47.0 Å². The molecule has 0 spiro atoms. The van der Waals surface area contributed by atoms with Gasteiger partial charge >= 0.3 is 5.97 Å². The van der Waals surface area contributed by atoms with E-state index in [-0.39, 0.29) is 30.3 Å². The summed E-state index contributed by atoms with van der Waals surface area (Å²) >= 11 is 0. The van der Waals surface area contributed by atoms with E-state index < -0.39 is 28.0 Å². The monoisotopic (exact) mass is 773 g/mol. The number of benzene rings is 3. The van der Waals surface area contributed by atoms with Crippen LogP contribution in [0.25, 0.3) is 11.0 Å². The number of amides is 1. The number of unbranched alkanes of at least 4 members (excludes halogenated alkanes) is 3. The summed E-state index contributed by atoms with van der Waals surface area (Å²) in [6, 6.07) is 14.8. The molecule has 4 aromatic rings. The number of nitrogens with one attached hydrogen (secondary N) is 1. The van der Waals surface area contributed by atoms with Gasteiger partial charge in [0.2, 0.25) is 15.9 Å². The molecular weight excluding hydrogens is 719 g/mol. The second-order valence-electron chi connectivity index (χ2n) is 15.4. The summed E-state index contributed by atoms with van der Waals surface area (Å²) < 4.78 is 43.4. The molecule has 1 amide bonds. The molecule has 2 heterocycles. The summed E-state index contributed by atoms with van der Waals surface area (Å²) in [5.41, 5.74) is 5.45. The third-order valence-electron chi connectivity index (χ3n) is 11.1. The lowest BCUT2D eigenvalue weighted by atomic mass is 9.86. The van der Waals surface area contributed by atoms with Crippen LogP contribution >= 0.6 is 0 Å². The maximum Gasteiger partial charge on any atom is 0.304 e. The molecular formula is C42H55N5O7S. The first-order valence-corrected chi connectivity index (χ1v) is 21.1. The van der Waals surface area contributed by atoms with Crippen LogP contribution in [0, 0.1) is 12.8 Å². The number of carboxylic acids is 1. The largest absolute Gasteiger partial charge is 0.494 e. The molecule has 1 aliphatic carbocycles. The van der Waals surface area contributed by atoms with Gasteiger partial charge in [0.05, 0.1) is 20.1 Å². The minimum Gasteiger partial charge on any atom is -0.494 e. The normalized spacial score (nSPS) is 17.9. The number of fused-ring (bicyclic) bond motifs is 2. The van der Waals surface area contributed by atoms with Gasteiger partial charge in [0.1, 0.15) is 33.5 Å². The topological polar surface area (TPSA) is 153 Å². The van der Waals surface area contributed by atoms with Crippen molar-refractivity contribution in [3.63, 3.8) is 0 Å². The standard InChI is InChI=1S/C42H55N5O7S/c1-28-15-17-32(35(25-41(49)50)33-23-36-42(38(24-33)53-4)46(3)45-44-36)22-34(28)27-47-26-29(2)54-37-20-31(16-18-39(37)55(47,51)52)14-8-5-6-11-19-43-40(48)21-30-12-9-7-10-13-30/h15-18,20,22-24,29-30,35H,5-14,19,21,25-27H2,1-4H3,(H,43,48)(H,49,50)/t29-,35+/m1/s1. The Morgan fingerprint density at radius 1 is 1.02 bits per heavy atom. The molecule has 296 valence electrons. The smallest absolute Gasteiger partial charge is 0.304 e. The summed E-state index contributed by atoms with van der Waals surface area (Å²) in [7, 11) is -0.603. The molecule has 13 heteroatoms. The molecule has 0 radical (unpaired) electrons. The van der Waals surface area contributed by atoms with Crippen molar-refractivity contribution in [2.75, 3.05) is 20.2 Å². The molecule has 12 nitrogen and oxygen atoms in total. The van der Waals surface area contributed by atoms with Crippen molar-refractivity contribution in [1.29, 1.82) is 0 Å². The highest BCUT2D eigenvalue weighted by Gasteiger charge is 2.34. The number of ether oxygens (including phenoxy) is 2. The molecule has 1 aromatic heterocycles. The number of hydrogen-bond acceptors (Lipinski definition) is 8. The number of carbonyl (C=O) groups is 2. The second-order valence-corrected chi connectivity index (χ2v) is 17.3. The highest BCUT2D eigenvalue weighted by molar-refractivity contribution is 7.89. The zero-order valence-corrected chi connectivity index (χ0v) is 33.4. The Bertz CT molecular complexity index is 2090. The number of aryl methyl sites for hydroxylation is 3. The van der Waals surface area contributed by atoms with Gasteiger partial charge in [-0.1, -0.05) is 61.6 Å². The molecule has 1 saturated carbocycles. The average Bonchev–Trinajstić information content (AvgIpc) is 3.50. The fourth-order valence-electron chi connectivity index (χ4n) is 8.11. The highest BCUT2D eigenvalue weighted by Crippen LogP contribution is 2.37. The van der Waals surface area contributed by atoms with Crippen molar-refractivity contribution in [2.24, 2.45) is 13.0 Å². The van der Waals surface area contributed by atoms with Crippen LogP contribution in [0.2, 0.25) is 0 Å². The molecule has 2 atom stereocenters. The third-order valence-corrected chi connectivity index (χ3v) is 13.0. The zero-order valence-electron chi connectivity index (χ0n) is 32.6. The second kappa shape index (κ2) is 18.0. The number of aromatic nitrogens is 3. The number of carbonyl (C=O) groups excluding carboxylic acids is 1. The lowest BCUT2D eigenvalue weighted by molar-refractivity contribution is -0.137. The third kappa shape index (κ3) is 9.85. The minimum atomic E-state index is -3.93. The van der Waals surface area contributed by atoms with E-state index in [1.807, 2.05) is 56.3 Å². The van der Waals surface area contributed by atoms with E-state index in [2.05, 4.69) is 15.6 Å². The van der Waals surface area contributed by atoms with Gasteiger partial charge in [-0.2, -0.15) is 4.31 Å². The summed E-state index contributed by atoms with van der Waals surface area (Å²) in [4.78, 5) is 24.6. The van der Waals surface area contributed by atoms with Crippen LogP contribution in [-0.2, 0) is 39.6 Å². The number of carboxylic acid groups (broad SMARTS) is 1. The summed E-state index contributed by atoms with van der Waals surface area (Å²) in [5, 5.41) is 21.4. The van der Waals surface area contributed by atoms with Crippen LogP contribution in [-0.4, -0.2) is 71.0 Å². The van der Waals surface area contributed by atoms with Crippen molar-refractivity contribution >= 4 is 32.9 Å². The molecule has 2 aliphatic rings. The molecule has 6 rings (SSSR count). The number of aliphatic carboxylic acids is 1. The van der Waals surface area contributed by atoms with E-state index in [1.165, 1.54) is 36.4 Å². The molecule has 1 fully saturated rings. The van der Waals surface area contributed by atoms with Crippen molar-refractivity contribution in [3.8, 4) is 11.5 Å². The maximum absolute atomic E-state index is 14.2. The highest BCUT2D eigenvalue weighted by atomic mass is 32.2. The molecule has 0 unspecified atom stereocenters. The Morgan fingerprint density at radius 3 is 2.56 bits per heavy atom. The number of sulfonamides is 1. The number of rotatable bonds is 16. The predicted octanol–water partition coefficient (Wildman–Crippen LogP) is 7.05. The lowest BCUT2D eigenvalue weighted by Crippen LogP contribution is -2.35. The van der Waals surface area contributed by atoms with Crippen molar-refractivity contribution in [1.82, 2.24) is 24.6 Å². The zero-order chi connectivity index (χ0) is 39.1. The van der Waals surface area contributed by atoms with Crippen LogP contribution in [0.4, 0.5) is 0 Å². The Balaban J connectivity index is 1.11. The van der Waals surface area contributed by atoms with E-state index >= 15 is 0 Å². The molecule has 3 aromatic carbocycles. The Kier molecular flexibility index (Phi) is 13.1. The van der Waals surface area contributed by atoms with Gasteiger partial charge in [0, 0.05) is 32.5 Å². The van der Waals surface area contributed by atoms with Gasteiger partial charge in [-0.3, -0.25) is 9.59 Å². The molecule has 55 heavy (non-hydrogen) atoms. The fraction of sp³-hybridized carbons (Fsp3) is 0.524. The lowest BCUT2D eigenvalue weighted by Gasteiger charge is -2.24. The van der Waals surface area contributed by atoms with Gasteiger partial charge in [0.25, 0.3) is 0 Å². The molecule has 1 aliphatic heterocycles. The SMILES string of the molecule is COc1cc([C@@H](CC(=O)O)c2ccc(C)c(CN3C[C@@H](C)Oc4cc(CCCCCCNC(=O)CC5CCCCC5)ccc4S3(=O)=O)c2)cc2nnn(C)c12.